The SMILES string of the molecule is CC(C)c1ccccc1OCC(=O)c1ccc2c(c1)N(CC(=O)NCc1cccnc1)C(=O)CO2. The number of carbonyl (C=O) groups is 3. The van der Waals surface area contributed by atoms with Crippen LogP contribution in [0.1, 0.15) is 41.3 Å². The second kappa shape index (κ2) is 10.8. The minimum atomic E-state index is -0.360. The molecule has 0 spiro atoms. The summed E-state index contributed by atoms with van der Waals surface area (Å²) in [5.74, 6) is 0.420. The molecule has 1 aliphatic heterocycles. The Morgan fingerprint density at radius 3 is 2.74 bits per heavy atom. The minimum Gasteiger partial charge on any atom is -0.485 e. The fourth-order valence-electron chi connectivity index (χ4n) is 3.77. The van der Waals surface area contributed by atoms with Gasteiger partial charge in [-0.1, -0.05) is 38.1 Å². The van der Waals surface area contributed by atoms with Crippen LogP contribution in [0.4, 0.5) is 5.69 Å². The van der Waals surface area contributed by atoms with Crippen molar-refractivity contribution in [2.24, 2.45) is 0 Å². The zero-order chi connectivity index (χ0) is 24.8. The number of ketones is 1. The molecule has 0 saturated heterocycles. The summed E-state index contributed by atoms with van der Waals surface area (Å²) in [5, 5.41) is 2.79. The second-order valence-electron chi connectivity index (χ2n) is 8.49. The predicted octanol–water partition coefficient (Wildman–Crippen LogP) is 3.51. The molecule has 1 N–H and O–H groups in total. The number of rotatable bonds is 9. The average molecular weight is 474 g/mol. The molecule has 0 atom stereocenters. The van der Waals surface area contributed by atoms with E-state index < -0.39 is 0 Å². The van der Waals surface area contributed by atoms with Crippen molar-refractivity contribution in [1.29, 1.82) is 0 Å². The summed E-state index contributed by atoms with van der Waals surface area (Å²) in [6.07, 6.45) is 3.32. The molecule has 3 aromatic rings. The van der Waals surface area contributed by atoms with E-state index in [1.54, 1.807) is 36.7 Å². The van der Waals surface area contributed by atoms with Crippen molar-refractivity contribution in [3.8, 4) is 11.5 Å². The number of hydrogen-bond donors (Lipinski definition) is 1. The lowest BCUT2D eigenvalue weighted by molar-refractivity contribution is -0.125. The smallest absolute Gasteiger partial charge is 0.265 e. The van der Waals surface area contributed by atoms with Crippen LogP contribution in [0.25, 0.3) is 0 Å². The third kappa shape index (κ3) is 5.84. The van der Waals surface area contributed by atoms with Gasteiger partial charge in [-0.25, -0.2) is 0 Å². The second-order valence-corrected chi connectivity index (χ2v) is 8.49. The van der Waals surface area contributed by atoms with Crippen molar-refractivity contribution in [3.05, 3.63) is 83.7 Å². The Kier molecular flexibility index (Phi) is 7.40. The molecular formula is C27H27N3O5. The van der Waals surface area contributed by atoms with Crippen LogP contribution >= 0.6 is 0 Å². The summed E-state index contributed by atoms with van der Waals surface area (Å²) < 4.78 is 11.3. The molecule has 1 aliphatic rings. The van der Waals surface area contributed by atoms with Gasteiger partial charge in [0, 0.05) is 24.5 Å². The molecule has 0 saturated carbocycles. The van der Waals surface area contributed by atoms with Crippen molar-refractivity contribution in [2.45, 2.75) is 26.3 Å². The lowest BCUT2D eigenvalue weighted by atomic mass is 10.0. The molecule has 0 radical (unpaired) electrons. The van der Waals surface area contributed by atoms with Crippen LogP contribution in [0, 0.1) is 0 Å². The molecule has 0 bridgehead atoms. The first-order valence-electron chi connectivity index (χ1n) is 11.4. The van der Waals surface area contributed by atoms with Gasteiger partial charge in [0.2, 0.25) is 5.91 Å². The van der Waals surface area contributed by atoms with E-state index in [4.69, 9.17) is 9.47 Å². The molecule has 1 aromatic heterocycles. The maximum Gasteiger partial charge on any atom is 0.265 e. The summed E-state index contributed by atoms with van der Waals surface area (Å²) in [6, 6.07) is 16.1. The monoisotopic (exact) mass is 473 g/mol. The van der Waals surface area contributed by atoms with Gasteiger partial charge >= 0.3 is 0 Å². The molecule has 2 heterocycles. The Hall–Kier alpha value is -4.20. The van der Waals surface area contributed by atoms with E-state index in [0.29, 0.717) is 29.3 Å². The molecule has 0 fully saturated rings. The maximum atomic E-state index is 12.9. The molecule has 2 amide bonds. The van der Waals surface area contributed by atoms with Gasteiger partial charge in [-0.05, 0) is 47.4 Å². The molecule has 0 unspecified atom stereocenters. The number of para-hydroxylation sites is 1. The molecule has 0 aliphatic carbocycles. The first-order chi connectivity index (χ1) is 16.9. The van der Waals surface area contributed by atoms with Gasteiger partial charge in [-0.2, -0.15) is 0 Å². The highest BCUT2D eigenvalue weighted by molar-refractivity contribution is 6.04. The number of benzene rings is 2. The van der Waals surface area contributed by atoms with E-state index in [-0.39, 0.29) is 43.3 Å². The number of pyridine rings is 1. The summed E-state index contributed by atoms with van der Waals surface area (Å²) in [6.45, 7) is 3.91. The van der Waals surface area contributed by atoms with E-state index in [1.165, 1.54) is 4.90 Å². The number of Topliss-reactive ketones (excluding diaryl/α,β-unsaturated/α-hetero) is 1. The maximum absolute atomic E-state index is 12.9. The van der Waals surface area contributed by atoms with E-state index in [1.807, 2.05) is 30.3 Å². The summed E-state index contributed by atoms with van der Waals surface area (Å²) in [4.78, 5) is 43.4. The first kappa shape index (κ1) is 23.9. The molecule has 35 heavy (non-hydrogen) atoms. The molecular weight excluding hydrogens is 446 g/mol. The lowest BCUT2D eigenvalue weighted by Gasteiger charge is -2.29. The van der Waals surface area contributed by atoms with Crippen LogP contribution in [0.15, 0.2) is 67.0 Å². The van der Waals surface area contributed by atoms with Gasteiger partial charge in [0.05, 0.1) is 5.69 Å². The average Bonchev–Trinajstić information content (AvgIpc) is 2.88. The Balaban J connectivity index is 1.45. The number of anilines is 1. The van der Waals surface area contributed by atoms with Crippen LogP contribution in [-0.4, -0.2) is 42.3 Å². The highest BCUT2D eigenvalue weighted by atomic mass is 16.5. The van der Waals surface area contributed by atoms with Crippen molar-refractivity contribution in [3.63, 3.8) is 0 Å². The number of aromatic nitrogens is 1. The minimum absolute atomic E-state index is 0.150. The van der Waals surface area contributed by atoms with Crippen molar-refractivity contribution in [2.75, 3.05) is 24.7 Å². The van der Waals surface area contributed by atoms with Gasteiger partial charge in [0.25, 0.3) is 5.91 Å². The fraction of sp³-hybridized carbons (Fsp3) is 0.259. The fourth-order valence-corrected chi connectivity index (χ4v) is 3.77. The Labute approximate surface area is 203 Å². The number of hydrogen-bond acceptors (Lipinski definition) is 6. The highest BCUT2D eigenvalue weighted by Crippen LogP contribution is 2.33. The van der Waals surface area contributed by atoms with E-state index in [9.17, 15) is 14.4 Å². The van der Waals surface area contributed by atoms with Crippen LogP contribution in [0.2, 0.25) is 0 Å². The van der Waals surface area contributed by atoms with Crippen LogP contribution in [-0.2, 0) is 16.1 Å². The van der Waals surface area contributed by atoms with Crippen LogP contribution < -0.4 is 19.7 Å². The van der Waals surface area contributed by atoms with Crippen LogP contribution in [0.3, 0.4) is 0 Å². The zero-order valence-corrected chi connectivity index (χ0v) is 19.7. The third-order valence-electron chi connectivity index (χ3n) is 5.64. The first-order valence-corrected chi connectivity index (χ1v) is 11.4. The zero-order valence-electron chi connectivity index (χ0n) is 19.7. The predicted molar refractivity (Wildman–Crippen MR) is 131 cm³/mol. The number of amides is 2. The normalized spacial score (nSPS) is 12.7. The highest BCUT2D eigenvalue weighted by Gasteiger charge is 2.28. The quantitative estimate of drug-likeness (QED) is 0.478. The summed E-state index contributed by atoms with van der Waals surface area (Å²) in [7, 11) is 0. The Bertz CT molecular complexity index is 1230. The largest absolute Gasteiger partial charge is 0.485 e. The van der Waals surface area contributed by atoms with E-state index in [0.717, 1.165) is 11.1 Å². The number of carbonyl (C=O) groups excluding carboxylic acids is 3. The van der Waals surface area contributed by atoms with Gasteiger partial charge < -0.3 is 14.8 Å². The number of ether oxygens (including phenoxy) is 2. The number of fused-ring (bicyclic) bond motifs is 1. The Morgan fingerprint density at radius 2 is 1.97 bits per heavy atom. The summed E-state index contributed by atoms with van der Waals surface area (Å²) in [5.41, 5.74) is 2.62. The third-order valence-corrected chi connectivity index (χ3v) is 5.64. The van der Waals surface area contributed by atoms with Gasteiger partial charge in [0.15, 0.2) is 19.0 Å². The summed E-state index contributed by atoms with van der Waals surface area (Å²) >= 11 is 0. The van der Waals surface area contributed by atoms with E-state index in [2.05, 4.69) is 24.1 Å². The van der Waals surface area contributed by atoms with Crippen molar-refractivity contribution >= 4 is 23.3 Å². The van der Waals surface area contributed by atoms with Crippen molar-refractivity contribution in [1.82, 2.24) is 10.3 Å². The van der Waals surface area contributed by atoms with Crippen molar-refractivity contribution < 1.29 is 23.9 Å². The Morgan fingerprint density at radius 1 is 1.14 bits per heavy atom. The lowest BCUT2D eigenvalue weighted by Crippen LogP contribution is -2.45. The molecule has 8 heteroatoms. The molecule has 4 rings (SSSR count). The molecule has 8 nitrogen and oxygen atoms in total. The van der Waals surface area contributed by atoms with Crippen LogP contribution in [0.5, 0.6) is 11.5 Å². The number of nitrogens with one attached hydrogen (secondary N) is 1. The molecule has 180 valence electrons. The topological polar surface area (TPSA) is 97.8 Å². The van der Waals surface area contributed by atoms with Gasteiger partial charge in [-0.15, -0.1) is 0 Å². The number of nitrogens with zero attached hydrogens (tertiary/aromatic N) is 2. The van der Waals surface area contributed by atoms with E-state index >= 15 is 0 Å². The van der Waals surface area contributed by atoms with Gasteiger partial charge in [0.1, 0.15) is 18.0 Å². The molecule has 2 aromatic carbocycles. The van der Waals surface area contributed by atoms with Gasteiger partial charge in [-0.3, -0.25) is 24.3 Å². The standard InChI is InChI=1S/C27H27N3O5/c1-18(2)21-7-3-4-8-24(21)34-16-23(31)20-9-10-25-22(12-20)30(27(33)17-35-25)15-26(32)29-14-19-6-5-11-28-13-19/h3-13,18H,14-17H2,1-2H3,(H,29,32).